The van der Waals surface area contributed by atoms with Gasteiger partial charge in [0.05, 0.1) is 10.7 Å². The van der Waals surface area contributed by atoms with E-state index < -0.39 is 0 Å². The average Bonchev–Trinajstić information content (AvgIpc) is 2.75. The number of hydrogen-bond donors (Lipinski definition) is 1. The number of aromatic nitrogens is 1. The van der Waals surface area contributed by atoms with Gasteiger partial charge < -0.3 is 5.32 Å². The van der Waals surface area contributed by atoms with Crippen molar-refractivity contribution in [2.45, 2.75) is 46.2 Å². The summed E-state index contributed by atoms with van der Waals surface area (Å²) in [5.41, 5.74) is 2.39. The molecular formula is C16H21ClN2S. The molecule has 2 atom stereocenters. The van der Waals surface area contributed by atoms with Gasteiger partial charge in [-0.1, -0.05) is 30.7 Å². The van der Waals surface area contributed by atoms with Gasteiger partial charge in [0, 0.05) is 22.0 Å². The second kappa shape index (κ2) is 6.70. The summed E-state index contributed by atoms with van der Waals surface area (Å²) in [7, 11) is 0. The third-order valence-corrected chi connectivity index (χ3v) is 4.60. The van der Waals surface area contributed by atoms with E-state index in [2.05, 4.69) is 44.1 Å². The van der Waals surface area contributed by atoms with Gasteiger partial charge in [-0.2, -0.15) is 0 Å². The first-order valence-corrected chi connectivity index (χ1v) is 8.16. The number of aryl methyl sites for hydroxylation is 2. The van der Waals surface area contributed by atoms with Gasteiger partial charge in [-0.15, -0.1) is 11.3 Å². The van der Waals surface area contributed by atoms with Crippen LogP contribution in [0.3, 0.4) is 0 Å². The summed E-state index contributed by atoms with van der Waals surface area (Å²) in [4.78, 5) is 5.93. The minimum Gasteiger partial charge on any atom is -0.302 e. The van der Waals surface area contributed by atoms with Gasteiger partial charge in [0.1, 0.15) is 0 Å². The predicted molar refractivity (Wildman–Crippen MR) is 87.6 cm³/mol. The van der Waals surface area contributed by atoms with Gasteiger partial charge in [-0.05, 0) is 44.9 Å². The highest BCUT2D eigenvalue weighted by atomic mass is 35.5. The fraction of sp³-hybridized carbons (Fsp3) is 0.438. The highest BCUT2D eigenvalue weighted by molar-refractivity contribution is 7.11. The Balaban J connectivity index is 2.16. The van der Waals surface area contributed by atoms with E-state index in [1.165, 1.54) is 10.4 Å². The Kier molecular flexibility index (Phi) is 5.19. The van der Waals surface area contributed by atoms with Crippen molar-refractivity contribution in [2.75, 3.05) is 0 Å². The zero-order chi connectivity index (χ0) is 14.7. The van der Waals surface area contributed by atoms with Crippen molar-refractivity contribution in [3.63, 3.8) is 0 Å². The van der Waals surface area contributed by atoms with Crippen molar-refractivity contribution in [1.82, 2.24) is 10.3 Å². The van der Waals surface area contributed by atoms with Gasteiger partial charge >= 0.3 is 0 Å². The fourth-order valence-electron chi connectivity index (χ4n) is 2.50. The van der Waals surface area contributed by atoms with Gasteiger partial charge in [0.15, 0.2) is 0 Å². The molecule has 2 rings (SSSR count). The predicted octanol–water partition coefficient (Wildman–Crippen LogP) is 5.22. The summed E-state index contributed by atoms with van der Waals surface area (Å²) >= 11 is 7.85. The Labute approximate surface area is 130 Å². The average molecular weight is 309 g/mol. The van der Waals surface area contributed by atoms with Crippen molar-refractivity contribution >= 4 is 22.9 Å². The zero-order valence-electron chi connectivity index (χ0n) is 12.4. The van der Waals surface area contributed by atoms with Crippen molar-refractivity contribution in [3.05, 3.63) is 50.4 Å². The Morgan fingerprint density at radius 1 is 1.35 bits per heavy atom. The molecule has 0 fully saturated rings. The summed E-state index contributed by atoms with van der Waals surface area (Å²) in [5.74, 6) is 0. The lowest BCUT2D eigenvalue weighted by Crippen LogP contribution is -2.25. The van der Waals surface area contributed by atoms with Crippen molar-refractivity contribution in [2.24, 2.45) is 0 Å². The van der Waals surface area contributed by atoms with Crippen molar-refractivity contribution < 1.29 is 0 Å². The smallest absolute Gasteiger partial charge is 0.0900 e. The molecule has 0 saturated heterocycles. The molecule has 2 unspecified atom stereocenters. The van der Waals surface area contributed by atoms with Crippen LogP contribution in [0.25, 0.3) is 0 Å². The molecule has 0 saturated carbocycles. The molecule has 0 amide bonds. The maximum atomic E-state index is 6.09. The first-order chi connectivity index (χ1) is 9.51. The van der Waals surface area contributed by atoms with Crippen LogP contribution in [-0.2, 0) is 0 Å². The lowest BCUT2D eigenvalue weighted by atomic mass is 10.0. The first-order valence-electron chi connectivity index (χ1n) is 6.96. The Morgan fingerprint density at radius 3 is 2.65 bits per heavy atom. The van der Waals surface area contributed by atoms with Crippen LogP contribution in [0.4, 0.5) is 0 Å². The van der Waals surface area contributed by atoms with Crippen LogP contribution in [0.1, 0.15) is 53.5 Å². The second-order valence-corrected chi connectivity index (χ2v) is 6.92. The lowest BCUT2D eigenvalue weighted by molar-refractivity contribution is 0.450. The van der Waals surface area contributed by atoms with Gasteiger partial charge in [0.25, 0.3) is 0 Å². The number of hydrogen-bond acceptors (Lipinski definition) is 3. The third-order valence-electron chi connectivity index (χ3n) is 3.46. The highest BCUT2D eigenvalue weighted by Gasteiger charge is 2.17. The van der Waals surface area contributed by atoms with Crippen LogP contribution in [-0.4, -0.2) is 4.98 Å². The summed E-state index contributed by atoms with van der Waals surface area (Å²) in [6.45, 7) is 8.56. The van der Waals surface area contributed by atoms with E-state index in [1.807, 2.05) is 18.2 Å². The van der Waals surface area contributed by atoms with Gasteiger partial charge in [-0.3, -0.25) is 0 Å². The molecule has 2 aromatic rings. The van der Waals surface area contributed by atoms with E-state index in [-0.39, 0.29) is 6.04 Å². The molecule has 0 spiro atoms. The largest absolute Gasteiger partial charge is 0.302 e. The minimum atomic E-state index is 0.240. The molecule has 0 radical (unpaired) electrons. The van der Waals surface area contributed by atoms with E-state index in [4.69, 9.17) is 11.6 Å². The summed E-state index contributed by atoms with van der Waals surface area (Å²) < 4.78 is 0. The monoisotopic (exact) mass is 308 g/mol. The number of halogens is 1. The fourth-order valence-corrected chi connectivity index (χ4v) is 3.61. The van der Waals surface area contributed by atoms with Crippen LogP contribution < -0.4 is 5.32 Å². The van der Waals surface area contributed by atoms with Gasteiger partial charge in [-0.25, -0.2) is 4.98 Å². The lowest BCUT2D eigenvalue weighted by Gasteiger charge is -2.22. The number of rotatable bonds is 5. The SMILES string of the molecule is CCC(NC(C)c1nc(C)sc1C)c1cccc(Cl)c1. The van der Waals surface area contributed by atoms with Crippen LogP contribution in [0, 0.1) is 13.8 Å². The molecule has 1 aromatic carbocycles. The topological polar surface area (TPSA) is 24.9 Å². The number of nitrogens with zero attached hydrogens (tertiary/aromatic N) is 1. The zero-order valence-corrected chi connectivity index (χ0v) is 14.0. The Hall–Kier alpha value is -0.900. The molecule has 4 heteroatoms. The van der Waals surface area contributed by atoms with E-state index in [0.717, 1.165) is 22.1 Å². The number of thiazole rings is 1. The standard InChI is InChI=1S/C16H21ClN2S/c1-5-15(13-7-6-8-14(17)9-13)18-10(2)16-11(3)20-12(4)19-16/h6-10,15,18H,5H2,1-4H3. The molecule has 0 bridgehead atoms. The number of nitrogens with one attached hydrogen (secondary N) is 1. The molecule has 1 N–H and O–H groups in total. The second-order valence-electron chi connectivity index (χ2n) is 5.08. The van der Waals surface area contributed by atoms with Crippen LogP contribution in [0.2, 0.25) is 5.02 Å². The maximum Gasteiger partial charge on any atom is 0.0900 e. The molecule has 20 heavy (non-hydrogen) atoms. The summed E-state index contributed by atoms with van der Waals surface area (Å²) in [6.07, 6.45) is 1.02. The van der Waals surface area contributed by atoms with E-state index in [0.29, 0.717) is 6.04 Å². The van der Waals surface area contributed by atoms with E-state index in [9.17, 15) is 0 Å². The molecule has 1 heterocycles. The molecule has 0 aliphatic carbocycles. The molecule has 0 aliphatic rings. The molecule has 2 nitrogen and oxygen atoms in total. The molecule has 0 aliphatic heterocycles. The Morgan fingerprint density at radius 2 is 2.10 bits per heavy atom. The molecule has 1 aromatic heterocycles. The Bertz CT molecular complexity index is 580. The van der Waals surface area contributed by atoms with Crippen molar-refractivity contribution in [1.29, 1.82) is 0 Å². The quantitative estimate of drug-likeness (QED) is 0.819. The third kappa shape index (κ3) is 3.60. The van der Waals surface area contributed by atoms with Crippen LogP contribution >= 0.6 is 22.9 Å². The molecule has 108 valence electrons. The van der Waals surface area contributed by atoms with E-state index >= 15 is 0 Å². The normalized spacial score (nSPS) is 14.2. The molecular weight excluding hydrogens is 288 g/mol. The van der Waals surface area contributed by atoms with Crippen LogP contribution in [0.5, 0.6) is 0 Å². The maximum absolute atomic E-state index is 6.09. The summed E-state index contributed by atoms with van der Waals surface area (Å²) in [5, 5.41) is 5.58. The van der Waals surface area contributed by atoms with E-state index in [1.54, 1.807) is 11.3 Å². The number of benzene rings is 1. The van der Waals surface area contributed by atoms with Gasteiger partial charge in [0.2, 0.25) is 0 Å². The minimum absolute atomic E-state index is 0.240. The summed E-state index contributed by atoms with van der Waals surface area (Å²) in [6, 6.07) is 8.61. The highest BCUT2D eigenvalue weighted by Crippen LogP contribution is 2.27. The first kappa shape index (κ1) is 15.5. The van der Waals surface area contributed by atoms with Crippen LogP contribution in [0.15, 0.2) is 24.3 Å². The van der Waals surface area contributed by atoms with Crippen molar-refractivity contribution in [3.8, 4) is 0 Å².